The Morgan fingerprint density at radius 2 is 1.88 bits per heavy atom. The summed E-state index contributed by atoms with van der Waals surface area (Å²) in [5, 5.41) is 11.3. The lowest BCUT2D eigenvalue weighted by Gasteiger charge is -2.11. The topological polar surface area (TPSA) is 124 Å². The maximum absolute atomic E-state index is 12.0. The predicted molar refractivity (Wildman–Crippen MR) is 85.5 cm³/mol. The van der Waals surface area contributed by atoms with Crippen LogP contribution in [0.5, 0.6) is 0 Å². The van der Waals surface area contributed by atoms with Gasteiger partial charge in [0, 0.05) is 6.07 Å². The van der Waals surface area contributed by atoms with Crippen LogP contribution in [0, 0.1) is 0 Å². The zero-order valence-corrected chi connectivity index (χ0v) is 13.1. The molecule has 0 saturated carbocycles. The van der Waals surface area contributed by atoms with Crippen molar-refractivity contribution in [2.75, 3.05) is 19.0 Å². The number of aromatic carboxylic acids is 1. The number of hydrogen-bond acceptors (Lipinski definition) is 6. The highest BCUT2D eigenvalue weighted by atomic mass is 16.7. The standard InChI is InChI=1S/C16H14N2O7/c1-24-16(23)11-4-2-3-5-12(11)17-13(19)9-25-18-8-10(15(21)22)6-7-14(18)20/h2-8H,9H2,1H3,(H,17,19)(H,21,22). The van der Waals surface area contributed by atoms with Crippen molar-refractivity contribution in [3.8, 4) is 0 Å². The molecule has 25 heavy (non-hydrogen) atoms. The van der Waals surface area contributed by atoms with Crippen LogP contribution in [0.15, 0.2) is 47.4 Å². The molecular weight excluding hydrogens is 332 g/mol. The molecule has 0 spiro atoms. The highest BCUT2D eigenvalue weighted by Crippen LogP contribution is 2.15. The van der Waals surface area contributed by atoms with E-state index in [1.807, 2.05) is 0 Å². The van der Waals surface area contributed by atoms with Gasteiger partial charge in [-0.1, -0.05) is 12.1 Å². The van der Waals surface area contributed by atoms with Crippen LogP contribution >= 0.6 is 0 Å². The molecular formula is C16H14N2O7. The number of carbonyl (C=O) groups is 3. The number of esters is 1. The fourth-order valence-electron chi connectivity index (χ4n) is 1.89. The average molecular weight is 346 g/mol. The van der Waals surface area contributed by atoms with Gasteiger partial charge in [-0.3, -0.25) is 9.59 Å². The van der Waals surface area contributed by atoms with Gasteiger partial charge in [-0.25, -0.2) is 9.59 Å². The molecule has 0 radical (unpaired) electrons. The van der Waals surface area contributed by atoms with Crippen LogP contribution in [0.25, 0.3) is 0 Å². The Morgan fingerprint density at radius 1 is 1.16 bits per heavy atom. The van der Waals surface area contributed by atoms with Crippen molar-refractivity contribution in [3.05, 3.63) is 64.1 Å². The Labute approximate surface area is 141 Å². The Kier molecular flexibility index (Phi) is 5.51. The molecule has 0 saturated heterocycles. The van der Waals surface area contributed by atoms with Crippen molar-refractivity contribution in [2.45, 2.75) is 0 Å². The first-order valence-corrected chi connectivity index (χ1v) is 6.99. The Balaban J connectivity index is 2.07. The zero-order valence-electron chi connectivity index (χ0n) is 13.1. The molecule has 0 aliphatic carbocycles. The lowest BCUT2D eigenvalue weighted by atomic mass is 10.2. The van der Waals surface area contributed by atoms with E-state index in [9.17, 15) is 19.2 Å². The quantitative estimate of drug-likeness (QED) is 0.726. The monoisotopic (exact) mass is 346 g/mol. The summed E-state index contributed by atoms with van der Waals surface area (Å²) in [5.74, 6) is -2.51. The molecule has 1 aromatic heterocycles. The summed E-state index contributed by atoms with van der Waals surface area (Å²) < 4.78 is 5.26. The number of anilines is 1. The fourth-order valence-corrected chi connectivity index (χ4v) is 1.89. The number of ether oxygens (including phenoxy) is 1. The van der Waals surface area contributed by atoms with E-state index in [-0.39, 0.29) is 16.8 Å². The maximum atomic E-state index is 12.0. The predicted octanol–water partition coefficient (Wildman–Crippen LogP) is 0.400. The van der Waals surface area contributed by atoms with E-state index in [4.69, 9.17) is 9.94 Å². The minimum absolute atomic E-state index is 0.156. The normalized spacial score (nSPS) is 9.96. The number of para-hydroxylation sites is 1. The number of carboxylic acids is 1. The third-order valence-corrected chi connectivity index (χ3v) is 3.07. The number of aromatic nitrogens is 1. The number of pyridine rings is 1. The van der Waals surface area contributed by atoms with Gasteiger partial charge in [-0.2, -0.15) is 4.73 Å². The van der Waals surface area contributed by atoms with Crippen LogP contribution in [0.1, 0.15) is 20.7 Å². The van der Waals surface area contributed by atoms with E-state index in [2.05, 4.69) is 10.1 Å². The number of nitrogens with one attached hydrogen (secondary N) is 1. The zero-order chi connectivity index (χ0) is 18.4. The smallest absolute Gasteiger partial charge is 0.339 e. The molecule has 0 aliphatic rings. The molecule has 2 N–H and O–H groups in total. The molecule has 9 heteroatoms. The van der Waals surface area contributed by atoms with Crippen LogP contribution in [-0.4, -0.2) is 41.4 Å². The van der Waals surface area contributed by atoms with Gasteiger partial charge in [-0.15, -0.1) is 0 Å². The molecule has 1 amide bonds. The lowest BCUT2D eigenvalue weighted by molar-refractivity contribution is -0.120. The summed E-state index contributed by atoms with van der Waals surface area (Å²) in [6.07, 6.45) is 0.959. The molecule has 9 nitrogen and oxygen atoms in total. The maximum Gasteiger partial charge on any atom is 0.339 e. The van der Waals surface area contributed by atoms with E-state index < -0.39 is 30.0 Å². The SMILES string of the molecule is COC(=O)c1ccccc1NC(=O)COn1cc(C(=O)O)ccc1=O. The Morgan fingerprint density at radius 3 is 2.56 bits per heavy atom. The minimum Gasteiger partial charge on any atom is -0.478 e. The summed E-state index contributed by atoms with van der Waals surface area (Å²) in [4.78, 5) is 51.1. The van der Waals surface area contributed by atoms with Gasteiger partial charge < -0.3 is 20.0 Å². The molecule has 1 heterocycles. The van der Waals surface area contributed by atoms with Crippen molar-refractivity contribution < 1.29 is 29.1 Å². The van der Waals surface area contributed by atoms with Crippen LogP contribution < -0.4 is 15.7 Å². The number of benzene rings is 1. The number of hydrogen-bond donors (Lipinski definition) is 2. The third-order valence-electron chi connectivity index (χ3n) is 3.07. The summed E-state index contributed by atoms with van der Waals surface area (Å²) in [7, 11) is 1.21. The first-order valence-electron chi connectivity index (χ1n) is 6.99. The number of nitrogens with zero attached hydrogens (tertiary/aromatic N) is 1. The number of rotatable bonds is 6. The summed E-state index contributed by atoms with van der Waals surface area (Å²) >= 11 is 0. The van der Waals surface area contributed by atoms with Gasteiger partial charge in [0.05, 0.1) is 30.1 Å². The first kappa shape index (κ1) is 17.7. The van der Waals surface area contributed by atoms with Gasteiger partial charge in [0.1, 0.15) is 0 Å². The summed E-state index contributed by atoms with van der Waals surface area (Å²) in [5.41, 5.74) is -0.429. The van der Waals surface area contributed by atoms with E-state index in [0.29, 0.717) is 4.73 Å². The van der Waals surface area contributed by atoms with Crippen molar-refractivity contribution in [3.63, 3.8) is 0 Å². The Hall–Kier alpha value is -3.62. The van der Waals surface area contributed by atoms with Crippen LogP contribution in [-0.2, 0) is 9.53 Å². The van der Waals surface area contributed by atoms with E-state index in [1.54, 1.807) is 12.1 Å². The van der Waals surface area contributed by atoms with Crippen LogP contribution in [0.3, 0.4) is 0 Å². The molecule has 0 aliphatic heterocycles. The number of amides is 1. The van der Waals surface area contributed by atoms with Crippen molar-refractivity contribution in [1.82, 2.24) is 4.73 Å². The van der Waals surface area contributed by atoms with Crippen molar-refractivity contribution >= 4 is 23.5 Å². The summed E-state index contributed by atoms with van der Waals surface area (Å²) in [6.45, 7) is -0.571. The van der Waals surface area contributed by atoms with Crippen LogP contribution in [0.4, 0.5) is 5.69 Å². The summed E-state index contributed by atoms with van der Waals surface area (Å²) in [6, 6.07) is 8.33. The van der Waals surface area contributed by atoms with Gasteiger partial charge >= 0.3 is 11.9 Å². The molecule has 0 bridgehead atoms. The molecule has 0 unspecified atom stereocenters. The van der Waals surface area contributed by atoms with Crippen LogP contribution in [0.2, 0.25) is 0 Å². The molecule has 2 aromatic rings. The second kappa shape index (κ2) is 7.77. The molecule has 0 fully saturated rings. The molecule has 1 aromatic carbocycles. The molecule has 0 atom stereocenters. The Bertz CT molecular complexity index is 873. The van der Waals surface area contributed by atoms with Gasteiger partial charge in [0.2, 0.25) is 0 Å². The highest BCUT2D eigenvalue weighted by Gasteiger charge is 2.14. The fraction of sp³-hybridized carbons (Fsp3) is 0.125. The van der Waals surface area contributed by atoms with Gasteiger partial charge in [0.25, 0.3) is 11.5 Å². The average Bonchev–Trinajstić information content (AvgIpc) is 2.60. The van der Waals surface area contributed by atoms with E-state index in [0.717, 1.165) is 18.3 Å². The second-order valence-electron chi connectivity index (χ2n) is 4.75. The molecule has 130 valence electrons. The first-order chi connectivity index (χ1) is 11.9. The number of methoxy groups -OCH3 is 1. The van der Waals surface area contributed by atoms with Gasteiger partial charge in [-0.05, 0) is 18.2 Å². The highest BCUT2D eigenvalue weighted by molar-refractivity contribution is 6.01. The number of carbonyl (C=O) groups excluding carboxylic acids is 2. The third kappa shape index (κ3) is 4.44. The van der Waals surface area contributed by atoms with Gasteiger partial charge in [0.15, 0.2) is 6.61 Å². The largest absolute Gasteiger partial charge is 0.478 e. The molecule has 2 rings (SSSR count). The number of carboxylic acid groups (broad SMARTS) is 1. The minimum atomic E-state index is -1.24. The lowest BCUT2D eigenvalue weighted by Crippen LogP contribution is -2.32. The van der Waals surface area contributed by atoms with Crippen molar-refractivity contribution in [1.29, 1.82) is 0 Å². The van der Waals surface area contributed by atoms with E-state index in [1.165, 1.54) is 19.2 Å². The second-order valence-corrected chi connectivity index (χ2v) is 4.75. The van der Waals surface area contributed by atoms with E-state index >= 15 is 0 Å². The van der Waals surface area contributed by atoms with Crippen molar-refractivity contribution in [2.24, 2.45) is 0 Å².